The lowest BCUT2D eigenvalue weighted by Crippen LogP contribution is -2.45. The molecular formula is C48H95NO5. The molecule has 0 rings (SSSR count). The van der Waals surface area contributed by atoms with Crippen molar-refractivity contribution in [3.8, 4) is 0 Å². The lowest BCUT2D eigenvalue weighted by molar-refractivity contribution is -0.143. The molecule has 0 heterocycles. The molecule has 6 nitrogen and oxygen atoms in total. The molecule has 0 saturated heterocycles. The SMILES string of the molecule is CCCCCCCCCCCCCCCCC(O)C(CO)NC(=O)CCCCCCCCCCCCCOC(=O)CCCCCCCCCCCCCC. The van der Waals surface area contributed by atoms with Crippen molar-refractivity contribution >= 4 is 11.9 Å². The van der Waals surface area contributed by atoms with Gasteiger partial charge >= 0.3 is 5.97 Å². The maximum absolute atomic E-state index is 12.4. The third-order valence-corrected chi connectivity index (χ3v) is 11.4. The largest absolute Gasteiger partial charge is 0.466 e. The second-order valence-electron chi connectivity index (χ2n) is 16.8. The first kappa shape index (κ1) is 52.9. The van der Waals surface area contributed by atoms with Crippen LogP contribution in [0.4, 0.5) is 0 Å². The van der Waals surface area contributed by atoms with Crippen LogP contribution < -0.4 is 5.32 Å². The number of unbranched alkanes of at least 4 members (excludes halogenated alkanes) is 34. The Labute approximate surface area is 336 Å². The Bertz CT molecular complexity index is 761. The first-order valence-electron chi connectivity index (χ1n) is 24.3. The summed E-state index contributed by atoms with van der Waals surface area (Å²) in [6.07, 6.45) is 47.7. The van der Waals surface area contributed by atoms with Gasteiger partial charge in [0.25, 0.3) is 0 Å². The van der Waals surface area contributed by atoms with Gasteiger partial charge in [-0.15, -0.1) is 0 Å². The molecule has 0 aromatic carbocycles. The third kappa shape index (κ3) is 40.5. The van der Waals surface area contributed by atoms with Gasteiger partial charge in [0, 0.05) is 12.8 Å². The van der Waals surface area contributed by atoms with Crippen LogP contribution in [-0.2, 0) is 14.3 Å². The molecule has 0 saturated carbocycles. The standard InChI is InChI=1S/C48H95NO5/c1-3-5-7-9-11-13-15-17-18-20-24-28-32-36-40-46(51)45(44-50)49-47(52)41-37-33-29-25-21-19-23-27-31-35-39-43-54-48(53)42-38-34-30-26-22-16-14-12-10-8-6-4-2/h45-46,50-51H,3-44H2,1-2H3,(H,49,52). The zero-order valence-electron chi connectivity index (χ0n) is 36.5. The van der Waals surface area contributed by atoms with Crippen LogP contribution in [0.25, 0.3) is 0 Å². The molecule has 2 atom stereocenters. The van der Waals surface area contributed by atoms with Crippen molar-refractivity contribution in [1.82, 2.24) is 5.32 Å². The molecule has 2 unspecified atom stereocenters. The summed E-state index contributed by atoms with van der Waals surface area (Å²) in [5.41, 5.74) is 0. The molecule has 0 bridgehead atoms. The van der Waals surface area contributed by atoms with E-state index in [-0.39, 0.29) is 18.5 Å². The lowest BCUT2D eigenvalue weighted by atomic mass is 10.0. The maximum Gasteiger partial charge on any atom is 0.305 e. The number of esters is 1. The van der Waals surface area contributed by atoms with Gasteiger partial charge in [-0.2, -0.15) is 0 Å². The first-order valence-corrected chi connectivity index (χ1v) is 24.3. The average molecular weight is 766 g/mol. The molecule has 54 heavy (non-hydrogen) atoms. The molecule has 3 N–H and O–H groups in total. The number of aliphatic hydroxyl groups is 2. The van der Waals surface area contributed by atoms with Gasteiger partial charge in [-0.3, -0.25) is 9.59 Å². The fourth-order valence-corrected chi connectivity index (χ4v) is 7.64. The highest BCUT2D eigenvalue weighted by Crippen LogP contribution is 2.16. The number of rotatable bonds is 45. The maximum atomic E-state index is 12.4. The minimum atomic E-state index is -0.674. The normalized spacial score (nSPS) is 12.6. The quantitative estimate of drug-likeness (QED) is 0.0424. The van der Waals surface area contributed by atoms with Gasteiger partial charge in [0.15, 0.2) is 0 Å². The van der Waals surface area contributed by atoms with Gasteiger partial charge in [0.2, 0.25) is 5.91 Å². The Morgan fingerprint density at radius 2 is 0.759 bits per heavy atom. The highest BCUT2D eigenvalue weighted by atomic mass is 16.5. The molecule has 0 aliphatic heterocycles. The summed E-state index contributed by atoms with van der Waals surface area (Å²) in [7, 11) is 0. The van der Waals surface area contributed by atoms with Crippen LogP contribution in [0, 0.1) is 0 Å². The Morgan fingerprint density at radius 1 is 0.444 bits per heavy atom. The van der Waals surface area contributed by atoms with E-state index in [0.29, 0.717) is 25.9 Å². The Balaban J connectivity index is 3.46. The molecule has 0 aromatic heterocycles. The van der Waals surface area contributed by atoms with Gasteiger partial charge in [0.05, 0.1) is 25.4 Å². The highest BCUT2D eigenvalue weighted by Gasteiger charge is 2.20. The summed E-state index contributed by atoms with van der Waals surface area (Å²) in [4.78, 5) is 24.4. The second kappa shape index (κ2) is 44.6. The van der Waals surface area contributed by atoms with Crippen molar-refractivity contribution in [2.45, 2.75) is 283 Å². The van der Waals surface area contributed by atoms with Crippen molar-refractivity contribution in [1.29, 1.82) is 0 Å². The number of hydrogen-bond acceptors (Lipinski definition) is 5. The van der Waals surface area contributed by atoms with Crippen molar-refractivity contribution in [2.75, 3.05) is 13.2 Å². The van der Waals surface area contributed by atoms with Gasteiger partial charge in [0.1, 0.15) is 0 Å². The summed E-state index contributed by atoms with van der Waals surface area (Å²) >= 11 is 0. The predicted molar refractivity (Wildman–Crippen MR) is 232 cm³/mol. The van der Waals surface area contributed by atoms with Crippen LogP contribution in [0.15, 0.2) is 0 Å². The molecular weight excluding hydrogens is 671 g/mol. The van der Waals surface area contributed by atoms with Crippen LogP contribution in [0.1, 0.15) is 271 Å². The van der Waals surface area contributed by atoms with Gasteiger partial charge in [-0.25, -0.2) is 0 Å². The monoisotopic (exact) mass is 766 g/mol. The van der Waals surface area contributed by atoms with Crippen molar-refractivity contribution in [3.63, 3.8) is 0 Å². The van der Waals surface area contributed by atoms with E-state index in [1.54, 1.807) is 0 Å². The van der Waals surface area contributed by atoms with E-state index in [0.717, 1.165) is 57.8 Å². The van der Waals surface area contributed by atoms with E-state index in [1.165, 1.54) is 180 Å². The van der Waals surface area contributed by atoms with E-state index in [1.807, 2.05) is 0 Å². The molecule has 0 radical (unpaired) electrons. The lowest BCUT2D eigenvalue weighted by Gasteiger charge is -2.22. The fourth-order valence-electron chi connectivity index (χ4n) is 7.64. The van der Waals surface area contributed by atoms with Crippen LogP contribution in [0.3, 0.4) is 0 Å². The molecule has 322 valence electrons. The van der Waals surface area contributed by atoms with E-state index in [4.69, 9.17) is 4.74 Å². The summed E-state index contributed by atoms with van der Waals surface area (Å²) in [5.74, 6) is -0.0650. The molecule has 6 heteroatoms. The van der Waals surface area contributed by atoms with E-state index >= 15 is 0 Å². The van der Waals surface area contributed by atoms with Crippen LogP contribution in [0.2, 0.25) is 0 Å². The first-order chi connectivity index (χ1) is 26.5. The van der Waals surface area contributed by atoms with E-state index in [9.17, 15) is 19.8 Å². The molecule has 0 aliphatic rings. The minimum Gasteiger partial charge on any atom is -0.466 e. The molecule has 1 amide bonds. The van der Waals surface area contributed by atoms with Crippen LogP contribution >= 0.6 is 0 Å². The van der Waals surface area contributed by atoms with Crippen molar-refractivity contribution in [3.05, 3.63) is 0 Å². The Kier molecular flexibility index (Phi) is 43.6. The van der Waals surface area contributed by atoms with E-state index < -0.39 is 12.1 Å². The topological polar surface area (TPSA) is 95.9 Å². The number of carbonyl (C=O) groups is 2. The smallest absolute Gasteiger partial charge is 0.305 e. The zero-order chi connectivity index (χ0) is 39.4. The number of carbonyl (C=O) groups excluding carboxylic acids is 2. The average Bonchev–Trinajstić information content (AvgIpc) is 3.17. The fraction of sp³-hybridized carbons (Fsp3) is 0.958. The Hall–Kier alpha value is -1.14. The van der Waals surface area contributed by atoms with E-state index in [2.05, 4.69) is 19.2 Å². The van der Waals surface area contributed by atoms with Crippen LogP contribution in [0.5, 0.6) is 0 Å². The molecule has 0 fully saturated rings. The number of nitrogens with one attached hydrogen (secondary N) is 1. The summed E-state index contributed by atoms with van der Waals surface area (Å²) in [5, 5.41) is 23.2. The van der Waals surface area contributed by atoms with Crippen molar-refractivity contribution in [2.24, 2.45) is 0 Å². The summed E-state index contributed by atoms with van der Waals surface area (Å²) < 4.78 is 5.44. The zero-order valence-corrected chi connectivity index (χ0v) is 36.5. The minimum absolute atomic E-state index is 0.0126. The predicted octanol–water partition coefficient (Wildman–Crippen LogP) is 14.0. The number of hydrogen-bond donors (Lipinski definition) is 3. The third-order valence-electron chi connectivity index (χ3n) is 11.4. The number of aliphatic hydroxyl groups excluding tert-OH is 2. The van der Waals surface area contributed by atoms with Gasteiger partial charge in [-0.05, 0) is 25.7 Å². The second-order valence-corrected chi connectivity index (χ2v) is 16.8. The van der Waals surface area contributed by atoms with Gasteiger partial charge < -0.3 is 20.3 Å². The Morgan fingerprint density at radius 3 is 1.13 bits per heavy atom. The van der Waals surface area contributed by atoms with Gasteiger partial charge in [-0.1, -0.05) is 232 Å². The molecule has 0 aliphatic carbocycles. The summed E-state index contributed by atoms with van der Waals surface area (Å²) in [6.45, 7) is 4.91. The van der Waals surface area contributed by atoms with Crippen LogP contribution in [-0.4, -0.2) is 47.4 Å². The number of ether oxygens (including phenoxy) is 1. The summed E-state index contributed by atoms with van der Waals surface area (Å²) in [6, 6.07) is -0.552. The van der Waals surface area contributed by atoms with Crippen molar-refractivity contribution < 1.29 is 24.5 Å². The highest BCUT2D eigenvalue weighted by molar-refractivity contribution is 5.76. The molecule has 0 spiro atoms. The molecule has 0 aromatic rings. The number of amides is 1.